The summed E-state index contributed by atoms with van der Waals surface area (Å²) < 4.78 is 19.2. The molecule has 1 aliphatic heterocycles. The standard InChI is InChI=1S/C31H44O2Si.C27H34O3.Ac/c1-29(2,3)34(5,6)33-28(20-11-13-22-30(4)21-12-10-19-27(30)32)31(24-15-25-31)23-14-18-26-16-8-7-9-17-26;1-25(16-7-8-20-27(25)29-21-22-30-27)15-6-5-14-24(28)26(18-10-19-26)17-9-13-23-11-3-2-4-12-23;/h7-9,11,13,16-17,20,22,28H,10,12,15,19,21,23-25H2,1-6H3;2-6,11-12,14-15,24,28H,7-8,10,16-22H2,1H3;/b20-11+,22-13+;14-5+,15-6+;/t28?,30-;24?,25-;/m01./s1. The molecule has 1 heterocycles. The molecule has 5 fully saturated rings. The van der Waals surface area contributed by atoms with Crippen LogP contribution in [0.3, 0.4) is 0 Å². The number of aliphatic hydroxyl groups excluding tert-OH is 1. The van der Waals surface area contributed by atoms with Crippen LogP contribution in [0.25, 0.3) is 0 Å². The van der Waals surface area contributed by atoms with E-state index in [-0.39, 0.29) is 76.9 Å². The molecule has 1 spiro atoms. The summed E-state index contributed by atoms with van der Waals surface area (Å²) in [6.07, 6.45) is 33.0. The monoisotopic (exact) mass is 1110 g/mol. The molecule has 1 radical (unpaired) electrons. The molecule has 7 rings (SSSR count). The normalized spacial score (nSPS) is 25.6. The molecule has 347 valence electrons. The summed E-state index contributed by atoms with van der Waals surface area (Å²) in [7, 11) is -1.96. The fourth-order valence-electron chi connectivity index (χ4n) is 9.87. The van der Waals surface area contributed by atoms with E-state index >= 15 is 0 Å². The number of carbonyl (C=O) groups is 1. The topological polar surface area (TPSA) is 65.0 Å². The molecule has 4 saturated carbocycles. The maximum absolute atomic E-state index is 12.5. The summed E-state index contributed by atoms with van der Waals surface area (Å²) in [5.74, 6) is 13.3. The average molecular weight is 1110 g/mol. The van der Waals surface area contributed by atoms with Crippen LogP contribution in [0.2, 0.25) is 18.1 Å². The second kappa shape index (κ2) is 23.8. The number of benzene rings is 2. The van der Waals surface area contributed by atoms with Gasteiger partial charge in [-0.15, -0.1) is 0 Å². The number of rotatable bonds is 12. The van der Waals surface area contributed by atoms with Gasteiger partial charge in [-0.1, -0.05) is 162 Å². The van der Waals surface area contributed by atoms with Gasteiger partial charge < -0.3 is 19.0 Å². The van der Waals surface area contributed by atoms with Crippen molar-refractivity contribution in [2.24, 2.45) is 21.7 Å². The van der Waals surface area contributed by atoms with Crippen LogP contribution in [0.15, 0.2) is 109 Å². The number of Topliss-reactive ketones (excluding diaryl/α,β-unsaturated/α-hetero) is 1. The van der Waals surface area contributed by atoms with Gasteiger partial charge in [0.15, 0.2) is 14.1 Å². The van der Waals surface area contributed by atoms with Crippen LogP contribution >= 0.6 is 0 Å². The second-order valence-corrected chi connectivity index (χ2v) is 26.2. The van der Waals surface area contributed by atoms with Gasteiger partial charge in [0.2, 0.25) is 0 Å². The first kappa shape index (κ1) is 53.6. The van der Waals surface area contributed by atoms with E-state index in [1.54, 1.807) is 0 Å². The summed E-state index contributed by atoms with van der Waals surface area (Å²) in [4.78, 5) is 12.5. The first-order chi connectivity index (χ1) is 30.6. The van der Waals surface area contributed by atoms with Crippen LogP contribution in [0.1, 0.15) is 148 Å². The minimum atomic E-state index is -1.96. The molecule has 4 aliphatic carbocycles. The molecule has 0 aromatic heterocycles. The molecular formula is C58H78AcO5Si. The van der Waals surface area contributed by atoms with Crippen LogP contribution in [-0.2, 0) is 18.7 Å². The molecule has 1 N–H and O–H groups in total. The number of allylic oxidation sites excluding steroid dienone is 5. The van der Waals surface area contributed by atoms with Gasteiger partial charge in [0, 0.05) is 103 Å². The summed E-state index contributed by atoms with van der Waals surface area (Å²) >= 11 is 0. The molecule has 2 aromatic carbocycles. The molecule has 65 heavy (non-hydrogen) atoms. The molecule has 5 nitrogen and oxygen atoms in total. The number of aliphatic hydroxyl groups is 1. The van der Waals surface area contributed by atoms with Gasteiger partial charge >= 0.3 is 0 Å². The Bertz CT molecular complexity index is 2080. The zero-order chi connectivity index (χ0) is 45.8. The van der Waals surface area contributed by atoms with Gasteiger partial charge in [-0.25, -0.2) is 0 Å². The summed E-state index contributed by atoms with van der Waals surface area (Å²) in [5, 5.41) is 11.0. The molecule has 5 aliphatic rings. The molecule has 1 saturated heterocycles. The van der Waals surface area contributed by atoms with E-state index in [4.69, 9.17) is 13.9 Å². The van der Waals surface area contributed by atoms with E-state index in [1.165, 1.54) is 19.3 Å². The smallest absolute Gasteiger partial charge is 0.192 e. The van der Waals surface area contributed by atoms with Crippen molar-refractivity contribution in [1.82, 2.24) is 0 Å². The van der Waals surface area contributed by atoms with Gasteiger partial charge in [0.05, 0.1) is 25.4 Å². The van der Waals surface area contributed by atoms with Crippen LogP contribution in [0, 0.1) is 89.4 Å². The van der Waals surface area contributed by atoms with E-state index in [1.807, 2.05) is 60.7 Å². The second-order valence-electron chi connectivity index (χ2n) is 21.5. The molecule has 7 heteroatoms. The predicted octanol–water partition coefficient (Wildman–Crippen LogP) is 13.6. The predicted molar refractivity (Wildman–Crippen MR) is 266 cm³/mol. The number of carbonyl (C=O) groups excluding carboxylic acids is 1. The molecule has 4 atom stereocenters. The fraction of sp³-hybridized carbons (Fsp3) is 0.569. The van der Waals surface area contributed by atoms with Gasteiger partial charge in [-0.05, 0) is 101 Å². The zero-order valence-electron chi connectivity index (χ0n) is 40.9. The minimum absolute atomic E-state index is 0. The van der Waals surface area contributed by atoms with Crippen molar-refractivity contribution >= 4 is 14.1 Å². The molecule has 0 bridgehead atoms. The molecular weight excluding hydrogens is 1030 g/mol. The Morgan fingerprint density at radius 3 is 1.75 bits per heavy atom. The Hall–Kier alpha value is -2.31. The maximum Gasteiger partial charge on any atom is 0.192 e. The Morgan fingerprint density at radius 2 is 1.22 bits per heavy atom. The number of hydrogen-bond acceptors (Lipinski definition) is 5. The average Bonchev–Trinajstić information content (AvgIpc) is 3.73. The fourth-order valence-corrected chi connectivity index (χ4v) is 11.2. The minimum Gasteiger partial charge on any atom is -0.410 e. The van der Waals surface area contributed by atoms with E-state index in [9.17, 15) is 9.90 Å². The molecule has 0 amide bonds. The summed E-state index contributed by atoms with van der Waals surface area (Å²) in [5.41, 5.74) is 1.65. The van der Waals surface area contributed by atoms with Crippen molar-refractivity contribution in [3.8, 4) is 23.7 Å². The van der Waals surface area contributed by atoms with E-state index in [2.05, 4.69) is 120 Å². The number of ketones is 1. The maximum atomic E-state index is 12.5. The molecule has 2 unspecified atom stereocenters. The SMILES string of the molecule is CC(C)(C)[Si](C)(C)OC(/C=C/C=C/[C@]1(C)CCCCC1=O)C1(CC#Cc2ccccc2)CCC1.C[C@@]1(/C=C/C=C/C(O)C2(CC#Cc3ccccc3)CCC2)CCCCC12OCCO2.[Ac]. The van der Waals surface area contributed by atoms with Crippen LogP contribution in [0.5, 0.6) is 0 Å². The Labute approximate surface area is 430 Å². The number of ether oxygens (including phenoxy) is 2. The van der Waals surface area contributed by atoms with E-state index in [0.29, 0.717) is 25.4 Å². The van der Waals surface area contributed by atoms with Gasteiger partial charge in [-0.2, -0.15) is 0 Å². The van der Waals surface area contributed by atoms with Gasteiger partial charge in [0.25, 0.3) is 0 Å². The van der Waals surface area contributed by atoms with Crippen molar-refractivity contribution in [3.63, 3.8) is 0 Å². The van der Waals surface area contributed by atoms with Crippen LogP contribution < -0.4 is 0 Å². The third kappa shape index (κ3) is 13.7. The Balaban J connectivity index is 0.000000242. The van der Waals surface area contributed by atoms with Gasteiger partial charge in [-0.3, -0.25) is 4.79 Å². The largest absolute Gasteiger partial charge is 0.410 e. The third-order valence-corrected chi connectivity index (χ3v) is 20.3. The first-order valence-electron chi connectivity index (χ1n) is 24.5. The van der Waals surface area contributed by atoms with Crippen molar-refractivity contribution in [3.05, 3.63) is 120 Å². The van der Waals surface area contributed by atoms with Crippen molar-refractivity contribution in [2.45, 2.75) is 173 Å². The van der Waals surface area contributed by atoms with Crippen molar-refractivity contribution < 1.29 is 67.9 Å². The summed E-state index contributed by atoms with van der Waals surface area (Å²) in [6.45, 7) is 17.3. The van der Waals surface area contributed by atoms with Crippen molar-refractivity contribution in [2.75, 3.05) is 13.2 Å². The number of hydrogen-bond donors (Lipinski definition) is 1. The van der Waals surface area contributed by atoms with Gasteiger partial charge in [0.1, 0.15) is 5.78 Å². The van der Waals surface area contributed by atoms with Crippen LogP contribution in [-0.4, -0.2) is 50.4 Å². The Kier molecular flexibility index (Phi) is 19.6. The van der Waals surface area contributed by atoms with Crippen molar-refractivity contribution in [1.29, 1.82) is 0 Å². The quantitative estimate of drug-likeness (QED) is 0.130. The molecule has 2 aromatic rings. The Morgan fingerprint density at radius 1 is 0.692 bits per heavy atom. The summed E-state index contributed by atoms with van der Waals surface area (Å²) in [6, 6.07) is 20.3. The van der Waals surface area contributed by atoms with E-state index in [0.717, 1.165) is 88.2 Å². The van der Waals surface area contributed by atoms with Crippen LogP contribution in [0.4, 0.5) is 0 Å². The first-order valence-corrected chi connectivity index (χ1v) is 27.4. The third-order valence-electron chi connectivity index (χ3n) is 15.8. The van der Waals surface area contributed by atoms with E-state index < -0.39 is 20.2 Å². The zero-order valence-corrected chi connectivity index (χ0v) is 46.7.